The highest BCUT2D eigenvalue weighted by atomic mass is 35.5. The van der Waals surface area contributed by atoms with Crippen molar-refractivity contribution < 1.29 is 13.9 Å². The number of rotatable bonds is 6. The third-order valence-corrected chi connectivity index (χ3v) is 4.48. The fourth-order valence-corrected chi connectivity index (χ4v) is 2.60. The first-order valence-corrected chi connectivity index (χ1v) is 7.95. The van der Waals surface area contributed by atoms with Gasteiger partial charge in [-0.25, -0.2) is 4.79 Å². The monoisotopic (exact) mass is 368 g/mol. The van der Waals surface area contributed by atoms with Crippen LogP contribution < -0.4 is 16.1 Å². The van der Waals surface area contributed by atoms with Gasteiger partial charge in [-0.3, -0.25) is 4.79 Å². The zero-order valence-electron chi connectivity index (χ0n) is 15.0. The Bertz CT molecular complexity index is 803. The van der Waals surface area contributed by atoms with Gasteiger partial charge in [-0.15, -0.1) is 12.4 Å². The molecule has 2 rings (SSSR count). The third kappa shape index (κ3) is 4.52. The Kier molecular flexibility index (Phi) is 7.45. The quantitative estimate of drug-likeness (QED) is 0.790. The first-order valence-electron chi connectivity index (χ1n) is 7.95. The molecular formula is C18H25ClN2O4. The lowest BCUT2D eigenvalue weighted by Gasteiger charge is -2.23. The van der Waals surface area contributed by atoms with Gasteiger partial charge in [-0.2, -0.15) is 0 Å². The summed E-state index contributed by atoms with van der Waals surface area (Å²) in [5.41, 5.74) is 7.04. The number of aryl methyl sites for hydroxylation is 1. The van der Waals surface area contributed by atoms with E-state index in [9.17, 15) is 9.59 Å². The molecule has 2 aromatic rings. The molecular weight excluding hydrogens is 344 g/mol. The van der Waals surface area contributed by atoms with Crippen LogP contribution in [0.2, 0.25) is 0 Å². The van der Waals surface area contributed by atoms with Crippen molar-refractivity contribution in [3.63, 3.8) is 0 Å². The molecule has 1 unspecified atom stereocenters. The predicted octanol–water partition coefficient (Wildman–Crippen LogP) is 2.27. The van der Waals surface area contributed by atoms with Crippen LogP contribution in [0.4, 0.5) is 0 Å². The number of methoxy groups -OCH3 is 1. The molecule has 0 saturated heterocycles. The van der Waals surface area contributed by atoms with Gasteiger partial charge < -0.3 is 19.8 Å². The van der Waals surface area contributed by atoms with E-state index in [0.717, 1.165) is 10.9 Å². The van der Waals surface area contributed by atoms with Gasteiger partial charge >= 0.3 is 5.63 Å². The maximum atomic E-state index is 12.3. The Morgan fingerprint density at radius 2 is 2.08 bits per heavy atom. The summed E-state index contributed by atoms with van der Waals surface area (Å²) in [6.45, 7) is 4.17. The van der Waals surface area contributed by atoms with E-state index >= 15 is 0 Å². The summed E-state index contributed by atoms with van der Waals surface area (Å²) < 4.78 is 10.5. The van der Waals surface area contributed by atoms with Crippen LogP contribution in [0.5, 0.6) is 5.75 Å². The van der Waals surface area contributed by atoms with Crippen LogP contribution in [0.3, 0.4) is 0 Å². The van der Waals surface area contributed by atoms with E-state index in [2.05, 4.69) is 0 Å². The zero-order chi connectivity index (χ0) is 17.9. The van der Waals surface area contributed by atoms with Crippen molar-refractivity contribution in [3.8, 4) is 5.75 Å². The molecule has 1 aromatic heterocycles. The second-order valence-electron chi connectivity index (χ2n) is 5.94. The lowest BCUT2D eigenvalue weighted by molar-refractivity contribution is -0.131. The Morgan fingerprint density at radius 3 is 2.68 bits per heavy atom. The third-order valence-electron chi connectivity index (χ3n) is 4.48. The highest BCUT2D eigenvalue weighted by Crippen LogP contribution is 2.24. The van der Waals surface area contributed by atoms with Crippen LogP contribution >= 0.6 is 12.4 Å². The standard InChI is InChI=1S/C18H24N2O4.ClH/c1-11(10-19)20(3)17(21)8-7-15-12(2)14-6-5-13(23-4)9-16(14)24-18(15)22;/h5-6,9,11H,7-8,10,19H2,1-4H3;1H. The lowest BCUT2D eigenvalue weighted by atomic mass is 10.0. The van der Waals surface area contributed by atoms with Crippen LogP contribution in [-0.2, 0) is 11.2 Å². The van der Waals surface area contributed by atoms with E-state index in [0.29, 0.717) is 29.9 Å². The molecule has 1 heterocycles. The highest BCUT2D eigenvalue weighted by Gasteiger charge is 2.17. The summed E-state index contributed by atoms with van der Waals surface area (Å²) in [4.78, 5) is 26.1. The fraction of sp³-hybridized carbons (Fsp3) is 0.444. The van der Waals surface area contributed by atoms with Crippen molar-refractivity contribution in [2.75, 3.05) is 20.7 Å². The highest BCUT2D eigenvalue weighted by molar-refractivity contribution is 5.85. The average molecular weight is 369 g/mol. The molecule has 0 fully saturated rings. The van der Waals surface area contributed by atoms with Crippen molar-refractivity contribution in [1.82, 2.24) is 4.90 Å². The number of benzene rings is 1. The number of fused-ring (bicyclic) bond motifs is 1. The Labute approximate surface area is 153 Å². The second kappa shape index (κ2) is 8.87. The normalized spacial score (nSPS) is 11.7. The van der Waals surface area contributed by atoms with Crippen molar-refractivity contribution in [1.29, 1.82) is 0 Å². The molecule has 0 aliphatic carbocycles. The van der Waals surface area contributed by atoms with Crippen molar-refractivity contribution in [2.45, 2.75) is 32.7 Å². The molecule has 2 N–H and O–H groups in total. The van der Waals surface area contributed by atoms with Crippen LogP contribution in [-0.4, -0.2) is 37.6 Å². The molecule has 0 spiro atoms. The maximum Gasteiger partial charge on any atom is 0.339 e. The number of amides is 1. The van der Waals surface area contributed by atoms with Gasteiger partial charge in [-0.1, -0.05) is 0 Å². The minimum Gasteiger partial charge on any atom is -0.497 e. The molecule has 25 heavy (non-hydrogen) atoms. The molecule has 7 heteroatoms. The summed E-state index contributed by atoms with van der Waals surface area (Å²) in [5.74, 6) is 0.590. The molecule has 0 aliphatic heterocycles. The Hall–Kier alpha value is -2.05. The van der Waals surface area contributed by atoms with Gasteiger partial charge in [0.1, 0.15) is 11.3 Å². The van der Waals surface area contributed by atoms with E-state index in [1.807, 2.05) is 26.0 Å². The van der Waals surface area contributed by atoms with Crippen molar-refractivity contribution in [2.24, 2.45) is 5.73 Å². The molecule has 0 radical (unpaired) electrons. The second-order valence-corrected chi connectivity index (χ2v) is 5.94. The van der Waals surface area contributed by atoms with Crippen LogP contribution in [0.25, 0.3) is 11.0 Å². The topological polar surface area (TPSA) is 85.8 Å². The van der Waals surface area contributed by atoms with E-state index in [1.165, 1.54) is 0 Å². The van der Waals surface area contributed by atoms with Crippen LogP contribution in [0.1, 0.15) is 24.5 Å². The number of nitrogens with two attached hydrogens (primary N) is 1. The summed E-state index contributed by atoms with van der Waals surface area (Å²) in [7, 11) is 3.28. The SMILES string of the molecule is COc1ccc2c(C)c(CCC(=O)N(C)C(C)CN)c(=O)oc2c1.Cl. The number of hydrogen-bond acceptors (Lipinski definition) is 5. The summed E-state index contributed by atoms with van der Waals surface area (Å²) in [5, 5.41) is 0.849. The fourth-order valence-electron chi connectivity index (χ4n) is 2.60. The molecule has 0 aliphatic rings. The molecule has 6 nitrogen and oxygen atoms in total. The minimum atomic E-state index is -0.407. The molecule has 138 valence electrons. The zero-order valence-corrected chi connectivity index (χ0v) is 15.8. The summed E-state index contributed by atoms with van der Waals surface area (Å²) in [6, 6.07) is 5.34. The van der Waals surface area contributed by atoms with Crippen LogP contribution in [0.15, 0.2) is 27.4 Å². The smallest absolute Gasteiger partial charge is 0.339 e. The van der Waals surface area contributed by atoms with Crippen LogP contribution in [0, 0.1) is 6.92 Å². The number of likely N-dealkylation sites (N-methyl/N-ethyl adjacent to an activating group) is 1. The minimum absolute atomic E-state index is 0. The number of halogens is 1. The largest absolute Gasteiger partial charge is 0.497 e. The molecule has 1 aromatic carbocycles. The van der Waals surface area contributed by atoms with Crippen molar-refractivity contribution >= 4 is 29.3 Å². The van der Waals surface area contributed by atoms with Gasteiger partial charge in [0.2, 0.25) is 5.91 Å². The summed E-state index contributed by atoms with van der Waals surface area (Å²) in [6.07, 6.45) is 0.588. The first kappa shape index (κ1) is 21.0. The molecule has 1 atom stereocenters. The number of carbonyl (C=O) groups excluding carboxylic acids is 1. The van der Waals surface area contributed by atoms with Gasteiger partial charge in [0.05, 0.1) is 7.11 Å². The predicted molar refractivity (Wildman–Crippen MR) is 101 cm³/mol. The van der Waals surface area contributed by atoms with E-state index < -0.39 is 5.63 Å². The van der Waals surface area contributed by atoms with E-state index in [1.54, 1.807) is 25.1 Å². The number of carbonyl (C=O) groups is 1. The van der Waals surface area contributed by atoms with Crippen molar-refractivity contribution in [3.05, 3.63) is 39.7 Å². The first-order chi connectivity index (χ1) is 11.4. The summed E-state index contributed by atoms with van der Waals surface area (Å²) >= 11 is 0. The molecule has 0 bridgehead atoms. The van der Waals surface area contributed by atoms with Gasteiger partial charge in [0.15, 0.2) is 0 Å². The lowest BCUT2D eigenvalue weighted by Crippen LogP contribution is -2.39. The maximum absolute atomic E-state index is 12.3. The van der Waals surface area contributed by atoms with E-state index in [-0.39, 0.29) is 30.8 Å². The number of ether oxygens (including phenoxy) is 1. The van der Waals surface area contributed by atoms with Gasteiger partial charge in [0, 0.05) is 43.1 Å². The number of nitrogens with zero attached hydrogens (tertiary/aromatic N) is 1. The average Bonchev–Trinajstić information content (AvgIpc) is 2.59. The molecule has 1 amide bonds. The van der Waals surface area contributed by atoms with Gasteiger partial charge in [0.25, 0.3) is 0 Å². The number of hydrogen-bond donors (Lipinski definition) is 1. The van der Waals surface area contributed by atoms with Gasteiger partial charge in [-0.05, 0) is 38.0 Å². The Morgan fingerprint density at radius 1 is 1.40 bits per heavy atom. The molecule has 0 saturated carbocycles. The Balaban J connectivity index is 0.00000312. The van der Waals surface area contributed by atoms with E-state index in [4.69, 9.17) is 14.9 Å².